The number of allylic oxidation sites excluding steroid dienone is 1. The Morgan fingerprint density at radius 3 is 2.29 bits per heavy atom. The van der Waals surface area contributed by atoms with E-state index < -0.39 is 27.2 Å². The highest BCUT2D eigenvalue weighted by atomic mass is 16.6. The lowest BCUT2D eigenvalue weighted by atomic mass is 9.47. The van der Waals surface area contributed by atoms with Gasteiger partial charge in [0.25, 0.3) is 11.4 Å². The van der Waals surface area contributed by atoms with Crippen LogP contribution in [0.1, 0.15) is 116 Å². The number of ether oxygens (including phenoxy) is 1. The monoisotopic (exact) mass is 580 g/mol. The molecular weight excluding hydrogens is 532 g/mol. The molecule has 4 aliphatic carbocycles. The van der Waals surface area contributed by atoms with Gasteiger partial charge in [0.05, 0.1) is 21.5 Å². The summed E-state index contributed by atoms with van der Waals surface area (Å²) < 4.78 is 5.82. The van der Waals surface area contributed by atoms with Gasteiger partial charge in [-0.3, -0.25) is 20.2 Å². The van der Waals surface area contributed by atoms with E-state index in [1.807, 2.05) is 0 Å². The molecule has 4 aliphatic rings. The second-order valence-corrected chi connectivity index (χ2v) is 14.8. The van der Waals surface area contributed by atoms with Gasteiger partial charge in [-0.25, -0.2) is 4.79 Å². The van der Waals surface area contributed by atoms with Gasteiger partial charge in [0.15, 0.2) is 0 Å². The third-order valence-corrected chi connectivity index (χ3v) is 12.1. The van der Waals surface area contributed by atoms with Crippen molar-refractivity contribution in [3.8, 4) is 0 Å². The second-order valence-electron chi connectivity index (χ2n) is 14.8. The van der Waals surface area contributed by atoms with Crippen LogP contribution in [0.25, 0.3) is 0 Å². The lowest BCUT2D eigenvalue weighted by Crippen LogP contribution is -2.51. The third kappa shape index (κ3) is 5.62. The highest BCUT2D eigenvalue weighted by Crippen LogP contribution is 2.67. The summed E-state index contributed by atoms with van der Waals surface area (Å²) in [4.78, 5) is 34.1. The number of hydrogen-bond donors (Lipinski definition) is 0. The van der Waals surface area contributed by atoms with Gasteiger partial charge in [0, 0.05) is 18.6 Å². The Hall–Kier alpha value is -2.77. The lowest BCUT2D eigenvalue weighted by molar-refractivity contribution is -0.394. The van der Waals surface area contributed by atoms with Crippen LogP contribution >= 0.6 is 0 Å². The molecule has 230 valence electrons. The van der Waals surface area contributed by atoms with E-state index in [0.29, 0.717) is 17.8 Å². The van der Waals surface area contributed by atoms with Gasteiger partial charge < -0.3 is 4.74 Å². The van der Waals surface area contributed by atoms with Crippen molar-refractivity contribution in [2.45, 2.75) is 111 Å². The maximum absolute atomic E-state index is 13.0. The van der Waals surface area contributed by atoms with E-state index in [4.69, 9.17) is 4.74 Å². The lowest BCUT2D eigenvalue weighted by Gasteiger charge is -2.58. The minimum absolute atomic E-state index is 0.110. The van der Waals surface area contributed by atoms with Crippen molar-refractivity contribution in [2.24, 2.45) is 46.3 Å². The van der Waals surface area contributed by atoms with Gasteiger partial charge >= 0.3 is 5.97 Å². The summed E-state index contributed by atoms with van der Waals surface area (Å²) in [6.07, 6.45) is 14.9. The van der Waals surface area contributed by atoms with Gasteiger partial charge in [-0.1, -0.05) is 65.5 Å². The van der Waals surface area contributed by atoms with E-state index in [2.05, 4.69) is 40.7 Å². The standard InChI is InChI=1S/C34H48N2O6/c1-21(2)7-6-8-22(3)29-11-12-30-28-10-9-24-19-27(13-15-33(24,4)31(28)14-16-34(29,30)5)42-32(37)23-17-25(35(38)39)20-26(18-23)36(40)41/h9,17-18,20-22,27-31H,6-8,10-16,19H2,1-5H3/t22-,27-,28+,29-,30+,31+,33+,34-/m1/s1. The summed E-state index contributed by atoms with van der Waals surface area (Å²) in [5.74, 6) is 3.81. The zero-order chi connectivity index (χ0) is 30.4. The van der Waals surface area contributed by atoms with Crippen molar-refractivity contribution < 1.29 is 19.4 Å². The number of nitro groups is 2. The van der Waals surface area contributed by atoms with Crippen LogP contribution in [0, 0.1) is 66.6 Å². The minimum Gasteiger partial charge on any atom is -0.458 e. The number of nitro benzene ring substituents is 2. The van der Waals surface area contributed by atoms with Crippen LogP contribution in [0.4, 0.5) is 11.4 Å². The molecule has 8 nitrogen and oxygen atoms in total. The maximum Gasteiger partial charge on any atom is 0.338 e. The Bertz CT molecular complexity index is 1230. The Kier molecular flexibility index (Phi) is 8.56. The molecule has 8 atom stereocenters. The summed E-state index contributed by atoms with van der Waals surface area (Å²) in [5.41, 5.74) is 0.806. The summed E-state index contributed by atoms with van der Waals surface area (Å²) in [7, 11) is 0. The topological polar surface area (TPSA) is 113 Å². The van der Waals surface area contributed by atoms with E-state index in [9.17, 15) is 25.0 Å². The predicted octanol–water partition coefficient (Wildman–Crippen LogP) is 9.07. The normalized spacial score (nSPS) is 34.5. The Labute approximate surface area is 250 Å². The van der Waals surface area contributed by atoms with Gasteiger partial charge in [-0.15, -0.1) is 0 Å². The van der Waals surface area contributed by atoms with E-state index in [0.717, 1.165) is 67.1 Å². The van der Waals surface area contributed by atoms with Crippen molar-refractivity contribution in [2.75, 3.05) is 0 Å². The van der Waals surface area contributed by atoms with Crippen LogP contribution in [-0.2, 0) is 4.74 Å². The largest absolute Gasteiger partial charge is 0.458 e. The van der Waals surface area contributed by atoms with Crippen LogP contribution < -0.4 is 0 Å². The van der Waals surface area contributed by atoms with Crippen molar-refractivity contribution >= 4 is 17.3 Å². The van der Waals surface area contributed by atoms with E-state index >= 15 is 0 Å². The molecule has 42 heavy (non-hydrogen) atoms. The number of esters is 1. The Balaban J connectivity index is 1.27. The molecule has 0 saturated heterocycles. The molecule has 1 aromatic rings. The highest BCUT2D eigenvalue weighted by molar-refractivity contribution is 5.91. The molecule has 0 amide bonds. The minimum atomic E-state index is -0.738. The molecule has 8 heteroatoms. The second kappa shape index (κ2) is 11.7. The average molecular weight is 581 g/mol. The highest BCUT2D eigenvalue weighted by Gasteiger charge is 2.59. The van der Waals surface area contributed by atoms with Gasteiger partial charge in [0.2, 0.25) is 0 Å². The molecule has 1 aromatic carbocycles. The van der Waals surface area contributed by atoms with Crippen LogP contribution in [0.3, 0.4) is 0 Å². The molecule has 5 rings (SSSR count). The molecular formula is C34H48N2O6. The summed E-state index contributed by atoms with van der Waals surface area (Å²) >= 11 is 0. The fraction of sp³-hybridized carbons (Fsp3) is 0.735. The van der Waals surface area contributed by atoms with E-state index in [1.54, 1.807) is 0 Å². The molecule has 0 spiro atoms. The summed E-state index contributed by atoms with van der Waals surface area (Å²) in [6, 6.07) is 2.99. The number of non-ortho nitro benzene ring substituents is 2. The number of carbonyl (C=O) groups is 1. The van der Waals surface area contributed by atoms with Crippen LogP contribution in [-0.4, -0.2) is 21.9 Å². The predicted molar refractivity (Wildman–Crippen MR) is 162 cm³/mol. The van der Waals surface area contributed by atoms with Crippen molar-refractivity contribution in [3.05, 3.63) is 55.6 Å². The molecule has 0 heterocycles. The number of rotatable bonds is 9. The molecule has 0 unspecified atom stereocenters. The van der Waals surface area contributed by atoms with E-state index in [1.165, 1.54) is 50.5 Å². The Morgan fingerprint density at radius 1 is 0.952 bits per heavy atom. The smallest absolute Gasteiger partial charge is 0.338 e. The fourth-order valence-electron chi connectivity index (χ4n) is 9.90. The summed E-state index contributed by atoms with van der Waals surface area (Å²) in [6.45, 7) is 12.2. The van der Waals surface area contributed by atoms with Gasteiger partial charge in [-0.2, -0.15) is 0 Å². The first kappa shape index (κ1) is 30.7. The molecule has 0 aliphatic heterocycles. The number of carbonyl (C=O) groups excluding carboxylic acids is 1. The fourth-order valence-corrected chi connectivity index (χ4v) is 9.90. The van der Waals surface area contributed by atoms with Crippen molar-refractivity contribution in [1.29, 1.82) is 0 Å². The third-order valence-electron chi connectivity index (χ3n) is 12.1. The quantitative estimate of drug-likeness (QED) is 0.125. The molecule has 0 aromatic heterocycles. The first-order chi connectivity index (χ1) is 19.8. The molecule has 0 bridgehead atoms. The molecule has 3 fully saturated rings. The molecule has 0 N–H and O–H groups in total. The number of benzene rings is 1. The maximum atomic E-state index is 13.0. The first-order valence-electron chi connectivity index (χ1n) is 16.2. The van der Waals surface area contributed by atoms with Crippen LogP contribution in [0.15, 0.2) is 29.8 Å². The number of fused-ring (bicyclic) bond motifs is 5. The zero-order valence-corrected chi connectivity index (χ0v) is 26.0. The SMILES string of the molecule is CC(C)CCC[C@@H](C)[C@H]1CC[C@H]2[C@@H]3CC=C4C[C@H](OC(=O)c5cc([N+](=O)[O-])cc([N+](=O)[O-])c5)CC[C@]4(C)[C@H]3CC[C@]12C. The summed E-state index contributed by atoms with van der Waals surface area (Å²) in [5, 5.41) is 22.6. The van der Waals surface area contributed by atoms with E-state index in [-0.39, 0.29) is 17.1 Å². The average Bonchev–Trinajstić information content (AvgIpc) is 3.30. The van der Waals surface area contributed by atoms with Gasteiger partial charge in [0.1, 0.15) is 6.10 Å². The van der Waals surface area contributed by atoms with Crippen molar-refractivity contribution in [3.63, 3.8) is 0 Å². The van der Waals surface area contributed by atoms with Gasteiger partial charge in [-0.05, 0) is 91.3 Å². The van der Waals surface area contributed by atoms with Crippen LogP contribution in [0.5, 0.6) is 0 Å². The van der Waals surface area contributed by atoms with Crippen LogP contribution in [0.2, 0.25) is 0 Å². The molecule has 0 radical (unpaired) electrons. The number of hydrogen-bond acceptors (Lipinski definition) is 6. The zero-order valence-electron chi connectivity index (χ0n) is 26.0. The Morgan fingerprint density at radius 2 is 1.64 bits per heavy atom. The van der Waals surface area contributed by atoms with Crippen molar-refractivity contribution in [1.82, 2.24) is 0 Å². The first-order valence-corrected chi connectivity index (χ1v) is 16.2. The number of nitrogens with zero attached hydrogens (tertiary/aromatic N) is 2. The molecule has 3 saturated carbocycles.